The predicted molar refractivity (Wildman–Crippen MR) is 203 cm³/mol. The summed E-state index contributed by atoms with van der Waals surface area (Å²) in [5, 5.41) is 4.65. The van der Waals surface area contributed by atoms with Crippen LogP contribution in [0, 0.1) is 0 Å². The monoisotopic (exact) mass is 626 g/mol. The molecule has 9 aromatic rings. The summed E-state index contributed by atoms with van der Waals surface area (Å²) in [6.45, 7) is 0. The summed E-state index contributed by atoms with van der Waals surface area (Å²) in [4.78, 5) is 5.59. The van der Waals surface area contributed by atoms with Crippen LogP contribution in [0.15, 0.2) is 185 Å². The Morgan fingerprint density at radius 1 is 0.490 bits per heavy atom. The Balaban J connectivity index is 1.37. The number of allylic oxidation sites excluding steroid dienone is 1. The Kier molecular flexibility index (Phi) is 6.25. The molecule has 0 saturated carbocycles. The molecule has 7 aromatic carbocycles. The van der Waals surface area contributed by atoms with E-state index in [-0.39, 0.29) is 6.04 Å². The van der Waals surface area contributed by atoms with Gasteiger partial charge < -0.3 is 8.98 Å². The normalized spacial score (nSPS) is 14.8. The number of furan rings is 1. The van der Waals surface area contributed by atoms with Crippen molar-refractivity contribution in [2.45, 2.75) is 6.04 Å². The zero-order chi connectivity index (χ0) is 32.3. The number of benzene rings is 7. The van der Waals surface area contributed by atoms with Gasteiger partial charge in [0, 0.05) is 43.9 Å². The number of hydrogen-bond donors (Lipinski definition) is 0. The van der Waals surface area contributed by atoms with Gasteiger partial charge in [0.15, 0.2) is 0 Å². The van der Waals surface area contributed by atoms with E-state index in [0.29, 0.717) is 0 Å². The highest BCUT2D eigenvalue weighted by molar-refractivity contribution is 6.41. The van der Waals surface area contributed by atoms with Crippen molar-refractivity contribution in [1.82, 2.24) is 4.57 Å². The average Bonchev–Trinajstić information content (AvgIpc) is 3.86. The van der Waals surface area contributed by atoms with Crippen LogP contribution in [0.4, 0.5) is 0 Å². The topological polar surface area (TPSA) is 30.4 Å². The largest absolute Gasteiger partial charge is 0.455 e. The molecule has 0 radical (unpaired) electrons. The van der Waals surface area contributed by atoms with Gasteiger partial charge in [-0.15, -0.1) is 0 Å². The molecule has 1 aliphatic rings. The first-order chi connectivity index (χ1) is 24.3. The lowest BCUT2D eigenvalue weighted by Gasteiger charge is -2.17. The van der Waals surface area contributed by atoms with Crippen molar-refractivity contribution in [3.63, 3.8) is 0 Å². The summed E-state index contributed by atoms with van der Waals surface area (Å²) in [6.07, 6.45) is 0. The van der Waals surface area contributed by atoms with E-state index in [1.807, 2.05) is 6.07 Å². The average molecular weight is 627 g/mol. The summed E-state index contributed by atoms with van der Waals surface area (Å²) >= 11 is 0. The van der Waals surface area contributed by atoms with Crippen LogP contribution in [0.5, 0.6) is 0 Å². The van der Waals surface area contributed by atoms with Gasteiger partial charge in [-0.25, -0.2) is 0 Å². The summed E-state index contributed by atoms with van der Waals surface area (Å²) in [6, 6.07) is 62.2. The smallest absolute Gasteiger partial charge is 0.143 e. The minimum atomic E-state index is -0.190. The van der Waals surface area contributed by atoms with E-state index in [2.05, 4.69) is 174 Å². The molecule has 0 amide bonds. The molecule has 3 nitrogen and oxygen atoms in total. The van der Waals surface area contributed by atoms with Gasteiger partial charge in [0.05, 0.1) is 16.7 Å². The summed E-state index contributed by atoms with van der Waals surface area (Å²) in [7, 11) is 0. The standard InChI is InChI=1S/C46H30N2O/c1-4-16-30(17-5-1)42-43(45(32-20-8-3-9-21-32)47-44(42)31-18-6-2-7-19-31)38-29-33(28-37-36-24-12-15-27-41(36)49-46(37)38)48-39-25-13-10-22-34(39)35-23-11-14-26-40(35)48/h1-29,44H. The van der Waals surface area contributed by atoms with Crippen LogP contribution in [-0.4, -0.2) is 10.3 Å². The van der Waals surface area contributed by atoms with Crippen LogP contribution >= 0.6 is 0 Å². The number of aromatic nitrogens is 1. The van der Waals surface area contributed by atoms with Crippen LogP contribution in [0.3, 0.4) is 0 Å². The van der Waals surface area contributed by atoms with Crippen molar-refractivity contribution in [2.75, 3.05) is 0 Å². The van der Waals surface area contributed by atoms with Crippen LogP contribution < -0.4 is 0 Å². The zero-order valence-corrected chi connectivity index (χ0v) is 26.6. The first-order valence-corrected chi connectivity index (χ1v) is 16.8. The minimum absolute atomic E-state index is 0.190. The van der Waals surface area contributed by atoms with E-state index in [1.54, 1.807) is 0 Å². The maximum atomic E-state index is 6.85. The number of rotatable bonds is 5. The van der Waals surface area contributed by atoms with Crippen molar-refractivity contribution in [2.24, 2.45) is 4.99 Å². The lowest BCUT2D eigenvalue weighted by molar-refractivity contribution is 0.668. The molecular formula is C46H30N2O. The molecule has 0 spiro atoms. The van der Waals surface area contributed by atoms with Gasteiger partial charge in [-0.3, -0.25) is 4.99 Å². The van der Waals surface area contributed by atoms with Gasteiger partial charge in [-0.2, -0.15) is 0 Å². The van der Waals surface area contributed by atoms with Crippen LogP contribution in [-0.2, 0) is 0 Å². The number of aliphatic imine (C=N–C) groups is 1. The second-order valence-corrected chi connectivity index (χ2v) is 12.6. The van der Waals surface area contributed by atoms with Crippen LogP contribution in [0.2, 0.25) is 0 Å². The predicted octanol–water partition coefficient (Wildman–Crippen LogP) is 11.8. The Morgan fingerprint density at radius 3 is 1.71 bits per heavy atom. The lowest BCUT2D eigenvalue weighted by atomic mass is 9.85. The second-order valence-electron chi connectivity index (χ2n) is 12.6. The lowest BCUT2D eigenvalue weighted by Crippen LogP contribution is -2.05. The first-order valence-electron chi connectivity index (χ1n) is 16.8. The molecule has 230 valence electrons. The zero-order valence-electron chi connectivity index (χ0n) is 26.6. The van der Waals surface area contributed by atoms with Crippen molar-refractivity contribution >= 4 is 60.6 Å². The maximum absolute atomic E-state index is 6.85. The summed E-state index contributed by atoms with van der Waals surface area (Å²) < 4.78 is 9.26. The highest BCUT2D eigenvalue weighted by Gasteiger charge is 2.34. The molecule has 49 heavy (non-hydrogen) atoms. The third-order valence-electron chi connectivity index (χ3n) is 9.86. The van der Waals surface area contributed by atoms with E-state index in [9.17, 15) is 0 Å². The van der Waals surface area contributed by atoms with E-state index in [1.165, 1.54) is 27.4 Å². The quantitative estimate of drug-likeness (QED) is 0.187. The third-order valence-corrected chi connectivity index (χ3v) is 9.86. The van der Waals surface area contributed by atoms with E-state index >= 15 is 0 Å². The molecule has 3 heterocycles. The maximum Gasteiger partial charge on any atom is 0.143 e. The fourth-order valence-corrected chi connectivity index (χ4v) is 7.73. The number of nitrogens with zero attached hydrogens (tertiary/aromatic N) is 2. The molecule has 0 bridgehead atoms. The SMILES string of the molecule is c1ccc(C2=NC(c3ccccc3)C(c3ccccc3)=C2c2cc(-n3c4ccccc4c4ccccc43)cc3c2oc2ccccc23)cc1. The van der Waals surface area contributed by atoms with Gasteiger partial charge in [-0.05, 0) is 47.0 Å². The van der Waals surface area contributed by atoms with Gasteiger partial charge in [0.25, 0.3) is 0 Å². The van der Waals surface area contributed by atoms with Crippen molar-refractivity contribution in [3.05, 3.63) is 198 Å². The molecule has 0 fully saturated rings. The number of hydrogen-bond acceptors (Lipinski definition) is 2. The molecule has 3 heteroatoms. The van der Waals surface area contributed by atoms with E-state index in [0.717, 1.165) is 61.2 Å². The minimum Gasteiger partial charge on any atom is -0.455 e. The Hall–Kier alpha value is -6.45. The van der Waals surface area contributed by atoms with Gasteiger partial charge in [-0.1, -0.05) is 146 Å². The van der Waals surface area contributed by atoms with E-state index < -0.39 is 0 Å². The van der Waals surface area contributed by atoms with Crippen LogP contribution in [0.1, 0.15) is 28.3 Å². The summed E-state index contributed by atoms with van der Waals surface area (Å²) in [5.74, 6) is 0. The van der Waals surface area contributed by atoms with Gasteiger partial charge in [0.2, 0.25) is 0 Å². The fraction of sp³-hybridized carbons (Fsp3) is 0.0217. The first kappa shape index (κ1) is 27.6. The van der Waals surface area contributed by atoms with Crippen molar-refractivity contribution < 1.29 is 4.42 Å². The highest BCUT2D eigenvalue weighted by Crippen LogP contribution is 2.49. The second kappa shape index (κ2) is 11.1. The van der Waals surface area contributed by atoms with E-state index in [4.69, 9.17) is 9.41 Å². The summed E-state index contributed by atoms with van der Waals surface area (Å²) in [5.41, 5.74) is 12.8. The molecule has 0 saturated heterocycles. The molecule has 1 aliphatic heterocycles. The fourth-order valence-electron chi connectivity index (χ4n) is 7.73. The Labute approximate surface area is 283 Å². The molecular weight excluding hydrogens is 597 g/mol. The molecule has 2 aromatic heterocycles. The highest BCUT2D eigenvalue weighted by atomic mass is 16.3. The number of fused-ring (bicyclic) bond motifs is 6. The molecule has 1 atom stereocenters. The van der Waals surface area contributed by atoms with Gasteiger partial charge in [0.1, 0.15) is 17.2 Å². The number of para-hydroxylation sites is 3. The molecule has 1 unspecified atom stereocenters. The molecule has 10 rings (SSSR count). The Bertz CT molecular complexity index is 2700. The van der Waals surface area contributed by atoms with Crippen molar-refractivity contribution in [1.29, 1.82) is 0 Å². The molecule has 0 N–H and O–H groups in total. The Morgan fingerprint density at radius 2 is 1.04 bits per heavy atom. The van der Waals surface area contributed by atoms with Gasteiger partial charge >= 0.3 is 0 Å². The van der Waals surface area contributed by atoms with Crippen molar-refractivity contribution in [3.8, 4) is 5.69 Å². The molecule has 0 aliphatic carbocycles. The van der Waals surface area contributed by atoms with Crippen LogP contribution in [0.25, 0.3) is 60.6 Å². The third kappa shape index (κ3) is 4.33.